The Kier molecular flexibility index (Phi) is 4.97. The summed E-state index contributed by atoms with van der Waals surface area (Å²) in [7, 11) is 0. The zero-order valence-corrected chi connectivity index (χ0v) is 17.2. The van der Waals surface area contributed by atoms with Gasteiger partial charge in [-0.15, -0.1) is 0 Å². The van der Waals surface area contributed by atoms with Crippen molar-refractivity contribution in [3.05, 3.63) is 53.8 Å². The molecule has 1 aliphatic rings. The molecule has 0 bridgehead atoms. The number of thiazole rings is 1. The molecule has 1 aliphatic heterocycles. The summed E-state index contributed by atoms with van der Waals surface area (Å²) in [5, 5.41) is 0.943. The Morgan fingerprint density at radius 1 is 1.20 bits per heavy atom. The first kappa shape index (κ1) is 18.8. The normalized spacial score (nSPS) is 14.4. The number of hydrogen-bond acceptors (Lipinski definition) is 9. The number of carbonyl (C=O) groups excluding carboxylic acids is 1. The molecule has 0 spiro atoms. The van der Waals surface area contributed by atoms with E-state index in [4.69, 9.17) is 9.15 Å². The van der Waals surface area contributed by atoms with Gasteiger partial charge in [-0.25, -0.2) is 9.97 Å². The zero-order chi connectivity index (χ0) is 20.5. The number of ether oxygens (including phenoxy) is 1. The maximum atomic E-state index is 12.7. The number of oxazole rings is 1. The van der Waals surface area contributed by atoms with Gasteiger partial charge in [0.25, 0.3) is 0 Å². The number of aromatic nitrogens is 4. The standard InChI is InChI=1S/C21H19N5O3S/c1-13-8-15(2-3-22-13)20-24-16(12-29-20)17(27)9-14-10-18-19(23-11-14)25-21(30-18)26-4-6-28-7-5-26/h2-3,8,10-12H,4-7,9H2,1H3. The molecule has 1 saturated heterocycles. The SMILES string of the molecule is Cc1cc(-c2nc(C(=O)Cc3cnc4nc(N5CCOCC5)sc4c3)co2)ccn1. The molecule has 5 heterocycles. The van der Waals surface area contributed by atoms with Crippen molar-refractivity contribution >= 4 is 32.6 Å². The Morgan fingerprint density at radius 3 is 2.90 bits per heavy atom. The fourth-order valence-corrected chi connectivity index (χ4v) is 4.36. The van der Waals surface area contributed by atoms with Crippen LogP contribution < -0.4 is 4.90 Å². The van der Waals surface area contributed by atoms with Crippen LogP contribution in [0.25, 0.3) is 21.8 Å². The first-order chi connectivity index (χ1) is 14.7. The van der Waals surface area contributed by atoms with E-state index in [-0.39, 0.29) is 12.2 Å². The van der Waals surface area contributed by atoms with E-state index in [0.717, 1.165) is 39.7 Å². The quantitative estimate of drug-likeness (QED) is 0.453. The molecular formula is C21H19N5O3S. The summed E-state index contributed by atoms with van der Waals surface area (Å²) in [5.74, 6) is 0.296. The number of aryl methyl sites for hydroxylation is 1. The number of anilines is 1. The lowest BCUT2D eigenvalue weighted by Gasteiger charge is -2.25. The van der Waals surface area contributed by atoms with Crippen molar-refractivity contribution in [3.63, 3.8) is 0 Å². The number of Topliss-reactive ketones (excluding diaryl/α,β-unsaturated/α-hetero) is 1. The predicted octanol–water partition coefficient (Wildman–Crippen LogP) is 3.31. The molecule has 152 valence electrons. The second kappa shape index (κ2) is 7.92. The first-order valence-electron chi connectivity index (χ1n) is 9.65. The molecule has 0 unspecified atom stereocenters. The molecule has 1 fully saturated rings. The van der Waals surface area contributed by atoms with Crippen LogP contribution in [0.2, 0.25) is 0 Å². The maximum Gasteiger partial charge on any atom is 0.226 e. The predicted molar refractivity (Wildman–Crippen MR) is 113 cm³/mol. The van der Waals surface area contributed by atoms with Crippen LogP contribution in [0.5, 0.6) is 0 Å². The summed E-state index contributed by atoms with van der Waals surface area (Å²) in [6.07, 6.45) is 5.01. The topological polar surface area (TPSA) is 94.2 Å². The molecule has 0 saturated carbocycles. The number of fused-ring (bicyclic) bond motifs is 1. The highest BCUT2D eigenvalue weighted by molar-refractivity contribution is 7.22. The Bertz CT molecular complexity index is 1210. The zero-order valence-electron chi connectivity index (χ0n) is 16.4. The van der Waals surface area contributed by atoms with Crippen molar-refractivity contribution in [1.29, 1.82) is 0 Å². The maximum absolute atomic E-state index is 12.7. The Hall–Kier alpha value is -3.17. The van der Waals surface area contributed by atoms with Crippen LogP contribution in [0.3, 0.4) is 0 Å². The minimum atomic E-state index is -0.116. The van der Waals surface area contributed by atoms with Crippen molar-refractivity contribution in [2.75, 3.05) is 31.2 Å². The lowest BCUT2D eigenvalue weighted by molar-refractivity contribution is 0.0988. The van der Waals surface area contributed by atoms with Crippen molar-refractivity contribution < 1.29 is 13.9 Å². The number of pyridine rings is 2. The van der Waals surface area contributed by atoms with Gasteiger partial charge < -0.3 is 14.1 Å². The molecule has 0 radical (unpaired) electrons. The van der Waals surface area contributed by atoms with E-state index in [1.807, 2.05) is 19.1 Å². The molecule has 0 amide bonds. The summed E-state index contributed by atoms with van der Waals surface area (Å²) in [6, 6.07) is 5.66. The van der Waals surface area contributed by atoms with Crippen molar-refractivity contribution in [1.82, 2.24) is 19.9 Å². The van der Waals surface area contributed by atoms with E-state index < -0.39 is 0 Å². The molecule has 4 aromatic rings. The van der Waals surface area contributed by atoms with Crippen molar-refractivity contribution in [2.45, 2.75) is 13.3 Å². The number of nitrogens with zero attached hydrogens (tertiary/aromatic N) is 5. The van der Waals surface area contributed by atoms with Crippen LogP contribution in [0.4, 0.5) is 5.13 Å². The van der Waals surface area contributed by atoms with E-state index in [2.05, 4.69) is 24.8 Å². The number of carbonyl (C=O) groups is 1. The highest BCUT2D eigenvalue weighted by Gasteiger charge is 2.18. The van der Waals surface area contributed by atoms with Gasteiger partial charge in [-0.3, -0.25) is 9.78 Å². The Labute approximate surface area is 176 Å². The fraction of sp³-hybridized carbons (Fsp3) is 0.286. The second-order valence-corrected chi connectivity index (χ2v) is 8.09. The van der Waals surface area contributed by atoms with Gasteiger partial charge in [0.15, 0.2) is 16.6 Å². The minimum Gasteiger partial charge on any atom is -0.444 e. The molecule has 0 aliphatic carbocycles. The molecule has 5 rings (SSSR count). The number of ketones is 1. The van der Waals surface area contributed by atoms with Crippen LogP contribution in [0.1, 0.15) is 21.7 Å². The third-order valence-corrected chi connectivity index (χ3v) is 5.92. The van der Waals surface area contributed by atoms with Gasteiger partial charge in [0, 0.05) is 43.2 Å². The van der Waals surface area contributed by atoms with E-state index in [9.17, 15) is 4.79 Å². The lowest BCUT2D eigenvalue weighted by atomic mass is 10.1. The number of hydrogen-bond donors (Lipinski definition) is 0. The summed E-state index contributed by atoms with van der Waals surface area (Å²) >= 11 is 1.59. The third-order valence-electron chi connectivity index (χ3n) is 4.87. The Morgan fingerprint density at radius 2 is 2.07 bits per heavy atom. The summed E-state index contributed by atoms with van der Waals surface area (Å²) in [5.41, 5.74) is 3.49. The largest absolute Gasteiger partial charge is 0.444 e. The molecular weight excluding hydrogens is 402 g/mol. The van der Waals surface area contributed by atoms with E-state index in [1.54, 1.807) is 29.8 Å². The van der Waals surface area contributed by atoms with Crippen LogP contribution in [0.15, 0.2) is 41.3 Å². The number of rotatable bonds is 5. The van der Waals surface area contributed by atoms with Gasteiger partial charge in [0.05, 0.1) is 17.9 Å². The third kappa shape index (κ3) is 3.81. The first-order valence-corrected chi connectivity index (χ1v) is 10.5. The van der Waals surface area contributed by atoms with E-state index in [0.29, 0.717) is 30.4 Å². The van der Waals surface area contributed by atoms with Gasteiger partial charge in [0.2, 0.25) is 5.89 Å². The average Bonchev–Trinajstić information content (AvgIpc) is 3.42. The highest BCUT2D eigenvalue weighted by atomic mass is 32.1. The van der Waals surface area contributed by atoms with Crippen LogP contribution in [-0.4, -0.2) is 52.0 Å². The Balaban J connectivity index is 1.33. The van der Waals surface area contributed by atoms with Crippen molar-refractivity contribution in [2.24, 2.45) is 0 Å². The highest BCUT2D eigenvalue weighted by Crippen LogP contribution is 2.29. The summed E-state index contributed by atoms with van der Waals surface area (Å²) in [6.45, 7) is 4.97. The van der Waals surface area contributed by atoms with E-state index >= 15 is 0 Å². The number of morpholine rings is 1. The lowest BCUT2D eigenvalue weighted by Crippen LogP contribution is -2.36. The molecule has 0 aromatic carbocycles. The summed E-state index contributed by atoms with van der Waals surface area (Å²) in [4.78, 5) is 32.5. The van der Waals surface area contributed by atoms with Gasteiger partial charge in [0.1, 0.15) is 12.0 Å². The minimum absolute atomic E-state index is 0.116. The van der Waals surface area contributed by atoms with Gasteiger partial charge in [-0.2, -0.15) is 4.98 Å². The van der Waals surface area contributed by atoms with Crippen LogP contribution in [0, 0.1) is 6.92 Å². The van der Waals surface area contributed by atoms with E-state index in [1.165, 1.54) is 6.26 Å². The van der Waals surface area contributed by atoms with Gasteiger partial charge in [-0.1, -0.05) is 11.3 Å². The molecule has 9 heteroatoms. The fourth-order valence-electron chi connectivity index (χ4n) is 3.32. The van der Waals surface area contributed by atoms with Gasteiger partial charge in [-0.05, 0) is 30.7 Å². The monoisotopic (exact) mass is 421 g/mol. The summed E-state index contributed by atoms with van der Waals surface area (Å²) < 4.78 is 11.9. The molecule has 8 nitrogen and oxygen atoms in total. The molecule has 0 N–H and O–H groups in total. The molecule has 0 atom stereocenters. The molecule has 30 heavy (non-hydrogen) atoms. The average molecular weight is 421 g/mol. The second-order valence-electron chi connectivity index (χ2n) is 7.08. The van der Waals surface area contributed by atoms with Crippen LogP contribution in [-0.2, 0) is 11.2 Å². The van der Waals surface area contributed by atoms with Crippen molar-refractivity contribution in [3.8, 4) is 11.5 Å². The van der Waals surface area contributed by atoms with Crippen LogP contribution >= 0.6 is 11.3 Å². The van der Waals surface area contributed by atoms with Gasteiger partial charge >= 0.3 is 0 Å². The molecule has 4 aromatic heterocycles. The smallest absolute Gasteiger partial charge is 0.226 e.